The monoisotopic (exact) mass is 883 g/mol. The van der Waals surface area contributed by atoms with Crippen molar-refractivity contribution >= 4 is 60.4 Å². The summed E-state index contributed by atoms with van der Waals surface area (Å²) in [6.07, 6.45) is 15.7. The number of hydrogen-bond donors (Lipinski definition) is 0. The van der Waals surface area contributed by atoms with E-state index < -0.39 is 22.2 Å². The predicted molar refractivity (Wildman–Crippen MR) is 273 cm³/mol. The number of unbranched alkanes of at least 4 members (excludes halogenated alkanes) is 2. The number of nitrogens with zero attached hydrogens (tertiary/aromatic N) is 1. The average molecular weight is 884 g/mol. The van der Waals surface area contributed by atoms with E-state index in [9.17, 15) is 0 Å². The van der Waals surface area contributed by atoms with Gasteiger partial charge in [0.2, 0.25) is 0 Å². The zero-order chi connectivity index (χ0) is 44.4. The van der Waals surface area contributed by atoms with Crippen molar-refractivity contribution < 1.29 is 13.6 Å². The highest BCUT2D eigenvalue weighted by Crippen LogP contribution is 2.54. The third-order valence-electron chi connectivity index (χ3n) is 13.5. The van der Waals surface area contributed by atoms with Gasteiger partial charge >= 0.3 is 0 Å². The SMILES string of the molecule is C=CC12CC(O[Si](c3ccccc3)(c3ccccc3)C(C)(C)C)C(C=C[C@H](CCCCC)O[Si](c3ccccc3)(c3ccccc3)C(C)(C)C)C1CC(CCCC(=S)OCC)=N2. The number of thiocarbonyl (C=S) groups is 1. The van der Waals surface area contributed by atoms with Gasteiger partial charge in [-0.15, -0.1) is 6.58 Å². The summed E-state index contributed by atoms with van der Waals surface area (Å²) in [5.41, 5.74) is 0.844. The van der Waals surface area contributed by atoms with E-state index in [2.05, 4.69) is 195 Å². The first kappa shape index (κ1) is 47.7. The lowest BCUT2D eigenvalue weighted by atomic mass is 9.82. The molecule has 6 rings (SSSR count). The normalized spacial score (nSPS) is 21.1. The molecule has 1 heterocycles. The topological polar surface area (TPSA) is 40.0 Å². The molecule has 0 N–H and O–H groups in total. The molecule has 1 fully saturated rings. The number of aliphatic imine (C=N–C) groups is 1. The first-order chi connectivity index (χ1) is 29.7. The van der Waals surface area contributed by atoms with Crippen molar-refractivity contribution in [3.05, 3.63) is 146 Å². The highest BCUT2D eigenvalue weighted by molar-refractivity contribution is 7.80. The molecule has 0 bridgehead atoms. The molecule has 0 aromatic heterocycles. The molecular weight excluding hydrogens is 811 g/mol. The summed E-state index contributed by atoms with van der Waals surface area (Å²) in [5, 5.41) is 5.62. The molecule has 0 saturated heterocycles. The predicted octanol–water partition coefficient (Wildman–Crippen LogP) is 12.0. The molecule has 0 radical (unpaired) electrons. The summed E-state index contributed by atoms with van der Waals surface area (Å²) in [6.45, 7) is 23.7. The van der Waals surface area contributed by atoms with Crippen LogP contribution in [0.1, 0.15) is 113 Å². The van der Waals surface area contributed by atoms with Gasteiger partial charge in [0.25, 0.3) is 16.6 Å². The number of rotatable bonds is 20. The first-order valence-electron chi connectivity index (χ1n) is 23.4. The molecule has 2 aliphatic rings. The van der Waals surface area contributed by atoms with Crippen LogP contribution in [0.3, 0.4) is 0 Å². The van der Waals surface area contributed by atoms with Gasteiger partial charge in [0.15, 0.2) is 5.05 Å². The lowest BCUT2D eigenvalue weighted by Crippen LogP contribution is -2.68. The van der Waals surface area contributed by atoms with Gasteiger partial charge in [-0.3, -0.25) is 4.99 Å². The maximum absolute atomic E-state index is 8.12. The Balaban J connectivity index is 1.47. The second-order valence-electron chi connectivity index (χ2n) is 19.6. The van der Waals surface area contributed by atoms with Crippen LogP contribution in [-0.4, -0.2) is 51.8 Å². The van der Waals surface area contributed by atoms with Gasteiger partial charge in [-0.05, 0) is 75.6 Å². The minimum Gasteiger partial charge on any atom is -0.487 e. The van der Waals surface area contributed by atoms with Crippen LogP contribution in [0, 0.1) is 11.8 Å². The van der Waals surface area contributed by atoms with Gasteiger partial charge < -0.3 is 13.6 Å². The Labute approximate surface area is 382 Å². The lowest BCUT2D eigenvalue weighted by molar-refractivity contribution is 0.153. The van der Waals surface area contributed by atoms with Gasteiger partial charge in [0.1, 0.15) is 0 Å². The summed E-state index contributed by atoms with van der Waals surface area (Å²) in [5.74, 6) is 0.314. The molecule has 4 unspecified atom stereocenters. The Hall–Kier alpha value is -3.73. The summed E-state index contributed by atoms with van der Waals surface area (Å²) in [7, 11) is -5.75. The quantitative estimate of drug-likeness (QED) is 0.0384. The molecule has 4 aromatic carbocycles. The Morgan fingerprint density at radius 1 is 0.758 bits per heavy atom. The van der Waals surface area contributed by atoms with Gasteiger partial charge in [-0.2, -0.15) is 0 Å². The molecule has 4 aromatic rings. The Morgan fingerprint density at radius 3 is 1.71 bits per heavy atom. The lowest BCUT2D eigenvalue weighted by Gasteiger charge is -2.46. The second-order valence-corrected chi connectivity index (χ2v) is 28.6. The molecule has 0 amide bonds. The van der Waals surface area contributed by atoms with E-state index >= 15 is 0 Å². The summed E-state index contributed by atoms with van der Waals surface area (Å²) in [6, 6.07) is 44.4. The molecule has 1 saturated carbocycles. The fourth-order valence-corrected chi connectivity index (χ4v) is 20.2. The smallest absolute Gasteiger partial charge is 0.261 e. The van der Waals surface area contributed by atoms with Crippen molar-refractivity contribution in [1.29, 1.82) is 0 Å². The van der Waals surface area contributed by atoms with Gasteiger partial charge in [-0.25, -0.2) is 0 Å². The van der Waals surface area contributed by atoms with Crippen molar-refractivity contribution in [2.24, 2.45) is 16.8 Å². The third kappa shape index (κ3) is 10.1. The van der Waals surface area contributed by atoms with Crippen LogP contribution in [0.15, 0.2) is 151 Å². The van der Waals surface area contributed by atoms with E-state index in [0.717, 1.165) is 51.4 Å². The Kier molecular flexibility index (Phi) is 16.1. The highest BCUT2D eigenvalue weighted by Gasteiger charge is 2.59. The zero-order valence-electron chi connectivity index (χ0n) is 38.9. The molecule has 1 aliphatic heterocycles. The second kappa shape index (κ2) is 20.8. The van der Waals surface area contributed by atoms with Gasteiger partial charge in [0.05, 0.1) is 24.4 Å². The molecule has 4 nitrogen and oxygen atoms in total. The first-order valence-corrected chi connectivity index (χ1v) is 27.6. The summed E-state index contributed by atoms with van der Waals surface area (Å²) < 4.78 is 21.7. The standard InChI is InChI=1S/C55H73NO3SSi2/c1-10-13-18-29-44(58-61(53(4,5)6,45-30-19-14-20-31-45)46-32-21-15-22-33-46)39-40-49-50-41-43(28-27-38-52(60)57-12-3)56-55(50,11-2)42-51(49)59-62(54(7,8)9,47-34-23-16-24-35-47)48-36-25-17-26-37-48/h11,14-17,19-26,30-37,39-40,44,49-51H,2,10,12-13,18,27-29,38,41-42H2,1,3-9H3/t44-,49?,50?,51?,55?/m0/s1. The van der Waals surface area contributed by atoms with Crippen LogP contribution >= 0.6 is 12.2 Å². The molecule has 62 heavy (non-hydrogen) atoms. The number of fused-ring (bicyclic) bond motifs is 1. The van der Waals surface area contributed by atoms with Gasteiger partial charge in [0, 0.05) is 30.4 Å². The largest absolute Gasteiger partial charge is 0.487 e. The van der Waals surface area contributed by atoms with Crippen molar-refractivity contribution in [2.45, 2.75) is 141 Å². The average Bonchev–Trinajstić information content (AvgIpc) is 3.76. The van der Waals surface area contributed by atoms with E-state index in [-0.39, 0.29) is 34.1 Å². The van der Waals surface area contributed by atoms with Crippen LogP contribution in [-0.2, 0) is 13.6 Å². The summed E-state index contributed by atoms with van der Waals surface area (Å²) >= 11 is 5.52. The molecule has 5 atom stereocenters. The van der Waals surface area contributed by atoms with Crippen LogP contribution in [0.25, 0.3) is 0 Å². The molecule has 0 spiro atoms. The number of hydrogen-bond acceptors (Lipinski definition) is 5. The van der Waals surface area contributed by atoms with Crippen molar-refractivity contribution in [1.82, 2.24) is 0 Å². The minimum atomic E-state index is -2.91. The number of ether oxygens (including phenoxy) is 1. The number of benzene rings is 4. The minimum absolute atomic E-state index is 0.0820. The van der Waals surface area contributed by atoms with E-state index in [1.807, 2.05) is 6.92 Å². The highest BCUT2D eigenvalue weighted by atomic mass is 32.1. The third-order valence-corrected chi connectivity index (χ3v) is 24.0. The van der Waals surface area contributed by atoms with Crippen molar-refractivity contribution in [3.63, 3.8) is 0 Å². The maximum atomic E-state index is 8.12. The molecule has 1 aliphatic carbocycles. The molecular formula is C55H73NO3SSi2. The summed E-state index contributed by atoms with van der Waals surface area (Å²) in [4.78, 5) is 5.63. The van der Waals surface area contributed by atoms with E-state index in [4.69, 9.17) is 30.8 Å². The molecule has 330 valence electrons. The molecule has 7 heteroatoms. The fourth-order valence-electron chi connectivity index (χ4n) is 10.6. The van der Waals surface area contributed by atoms with Crippen molar-refractivity contribution in [2.75, 3.05) is 6.61 Å². The van der Waals surface area contributed by atoms with Crippen LogP contribution in [0.4, 0.5) is 0 Å². The zero-order valence-corrected chi connectivity index (χ0v) is 41.8. The van der Waals surface area contributed by atoms with Crippen LogP contribution in [0.5, 0.6) is 0 Å². The van der Waals surface area contributed by atoms with E-state index in [1.165, 1.54) is 32.9 Å². The van der Waals surface area contributed by atoms with Crippen LogP contribution < -0.4 is 20.7 Å². The Morgan fingerprint density at radius 2 is 1.26 bits per heavy atom. The fraction of sp³-hybridized carbons (Fsp3) is 0.455. The maximum Gasteiger partial charge on any atom is 0.261 e. The van der Waals surface area contributed by atoms with Gasteiger partial charge in [-0.1, -0.05) is 207 Å². The van der Waals surface area contributed by atoms with E-state index in [0.29, 0.717) is 11.7 Å². The van der Waals surface area contributed by atoms with Crippen LogP contribution in [0.2, 0.25) is 10.1 Å². The van der Waals surface area contributed by atoms with E-state index in [1.54, 1.807) is 0 Å². The Bertz CT molecular complexity index is 2020. The van der Waals surface area contributed by atoms with Crippen molar-refractivity contribution in [3.8, 4) is 0 Å².